The largest absolute Gasteiger partial charge is 0.310 e. The van der Waals surface area contributed by atoms with Crippen LogP contribution < -0.4 is 15.8 Å². The van der Waals surface area contributed by atoms with E-state index in [4.69, 9.17) is 0 Å². The quantitative estimate of drug-likeness (QED) is 0.844. The van der Waals surface area contributed by atoms with Gasteiger partial charge in [0, 0.05) is 19.3 Å². The van der Waals surface area contributed by atoms with Gasteiger partial charge in [0.1, 0.15) is 12.5 Å². The SMILES string of the molecule is O=c1[nH]nc2c3c(cccc13)N=C1C=CC(CNCCF)=CN12. The van der Waals surface area contributed by atoms with Crippen LogP contribution in [0, 0.1) is 0 Å². The average Bonchev–Trinajstić information content (AvgIpc) is 2.58. The van der Waals surface area contributed by atoms with Gasteiger partial charge in [0.25, 0.3) is 5.56 Å². The molecule has 0 aliphatic carbocycles. The summed E-state index contributed by atoms with van der Waals surface area (Å²) in [5.41, 5.74) is 1.49. The summed E-state index contributed by atoms with van der Waals surface area (Å²) in [5.74, 6) is 1.38. The topological polar surface area (TPSA) is 73.4 Å². The van der Waals surface area contributed by atoms with E-state index >= 15 is 0 Å². The first-order valence-corrected chi connectivity index (χ1v) is 7.33. The summed E-state index contributed by atoms with van der Waals surface area (Å²) in [5, 5.41) is 11.1. The molecule has 4 rings (SSSR count). The Balaban J connectivity index is 1.81. The van der Waals surface area contributed by atoms with Gasteiger partial charge in [-0.1, -0.05) is 12.1 Å². The predicted molar refractivity (Wildman–Crippen MR) is 88.0 cm³/mol. The number of amidine groups is 1. The zero-order chi connectivity index (χ0) is 15.8. The molecule has 0 radical (unpaired) electrons. The van der Waals surface area contributed by atoms with Crippen LogP contribution in [0.2, 0.25) is 0 Å². The molecule has 6 nitrogen and oxygen atoms in total. The number of alkyl halides is 1. The van der Waals surface area contributed by atoms with Crippen LogP contribution in [0.5, 0.6) is 0 Å². The monoisotopic (exact) mass is 311 g/mol. The van der Waals surface area contributed by atoms with Crippen molar-refractivity contribution in [3.63, 3.8) is 0 Å². The molecule has 2 aliphatic heterocycles. The van der Waals surface area contributed by atoms with E-state index in [1.807, 2.05) is 35.4 Å². The lowest BCUT2D eigenvalue weighted by atomic mass is 10.1. The van der Waals surface area contributed by atoms with E-state index in [-0.39, 0.29) is 5.56 Å². The van der Waals surface area contributed by atoms with Crippen molar-refractivity contribution in [2.45, 2.75) is 0 Å². The van der Waals surface area contributed by atoms with Gasteiger partial charge in [0.2, 0.25) is 0 Å². The van der Waals surface area contributed by atoms with Crippen LogP contribution in [0.3, 0.4) is 0 Å². The first kappa shape index (κ1) is 13.8. The third kappa shape index (κ3) is 2.25. The smallest absolute Gasteiger partial charge is 0.272 e. The predicted octanol–water partition coefficient (Wildman–Crippen LogP) is 1.79. The minimum atomic E-state index is -0.400. The van der Waals surface area contributed by atoms with Gasteiger partial charge in [-0.3, -0.25) is 9.69 Å². The first-order chi connectivity index (χ1) is 11.3. The van der Waals surface area contributed by atoms with Gasteiger partial charge in [-0.05, 0) is 23.8 Å². The van der Waals surface area contributed by atoms with Crippen molar-refractivity contribution in [3.8, 4) is 0 Å². The van der Waals surface area contributed by atoms with Gasteiger partial charge < -0.3 is 5.32 Å². The Morgan fingerprint density at radius 3 is 3.09 bits per heavy atom. The molecule has 3 heterocycles. The number of nitrogens with zero attached hydrogens (tertiary/aromatic N) is 3. The van der Waals surface area contributed by atoms with Crippen LogP contribution in [0.15, 0.2) is 51.9 Å². The number of H-pyrrole nitrogens is 1. The maximum atomic E-state index is 12.2. The third-order valence-electron chi connectivity index (χ3n) is 3.83. The summed E-state index contributed by atoms with van der Waals surface area (Å²) < 4.78 is 12.2. The number of fused-ring (bicyclic) bond motifs is 2. The molecule has 1 aromatic heterocycles. The number of aromatic amines is 1. The van der Waals surface area contributed by atoms with Crippen LogP contribution in [0.4, 0.5) is 15.9 Å². The lowest BCUT2D eigenvalue weighted by Gasteiger charge is -2.28. The Kier molecular flexibility index (Phi) is 3.27. The van der Waals surface area contributed by atoms with E-state index in [0.29, 0.717) is 24.3 Å². The highest BCUT2D eigenvalue weighted by atomic mass is 19.1. The van der Waals surface area contributed by atoms with Crippen molar-refractivity contribution < 1.29 is 4.39 Å². The lowest BCUT2D eigenvalue weighted by Crippen LogP contribution is -2.32. The van der Waals surface area contributed by atoms with E-state index in [9.17, 15) is 9.18 Å². The Bertz CT molecular complexity index is 928. The minimum absolute atomic E-state index is 0.231. The fourth-order valence-corrected chi connectivity index (χ4v) is 2.78. The second kappa shape index (κ2) is 5.44. The highest BCUT2D eigenvalue weighted by molar-refractivity contribution is 6.18. The number of anilines is 1. The van der Waals surface area contributed by atoms with Crippen LogP contribution in [0.25, 0.3) is 10.8 Å². The average molecular weight is 311 g/mol. The number of nitrogens with one attached hydrogen (secondary N) is 2. The van der Waals surface area contributed by atoms with Crippen LogP contribution >= 0.6 is 0 Å². The standard InChI is InChI=1S/C16H14FN5O/c17-6-7-18-8-10-4-5-13-19-12-3-1-2-11-14(12)15(22(13)9-10)20-21-16(11)23/h1-5,9,18H,6-8H2,(H,21,23). The summed E-state index contributed by atoms with van der Waals surface area (Å²) in [4.78, 5) is 18.4. The molecule has 0 bridgehead atoms. The molecule has 0 spiro atoms. The van der Waals surface area contributed by atoms with Crippen LogP contribution in [-0.2, 0) is 0 Å². The number of benzene rings is 1. The molecule has 0 fully saturated rings. The summed E-state index contributed by atoms with van der Waals surface area (Å²) in [6, 6.07) is 5.44. The number of hydrogen-bond donors (Lipinski definition) is 2. The zero-order valence-electron chi connectivity index (χ0n) is 12.2. The van der Waals surface area contributed by atoms with Crippen molar-refractivity contribution in [3.05, 3.63) is 52.5 Å². The van der Waals surface area contributed by atoms with Crippen molar-refractivity contribution in [2.75, 3.05) is 24.7 Å². The summed E-state index contributed by atoms with van der Waals surface area (Å²) in [7, 11) is 0. The molecule has 7 heteroatoms. The van der Waals surface area contributed by atoms with Crippen molar-refractivity contribution in [2.24, 2.45) is 4.99 Å². The first-order valence-electron chi connectivity index (χ1n) is 7.33. The third-order valence-corrected chi connectivity index (χ3v) is 3.83. The molecule has 2 N–H and O–H groups in total. The van der Waals surface area contributed by atoms with E-state index in [1.54, 1.807) is 6.07 Å². The van der Waals surface area contributed by atoms with Gasteiger partial charge in [-0.15, -0.1) is 0 Å². The van der Waals surface area contributed by atoms with Gasteiger partial charge >= 0.3 is 0 Å². The number of halogens is 1. The molecule has 0 atom stereocenters. The summed E-state index contributed by atoms with van der Waals surface area (Å²) >= 11 is 0. The van der Waals surface area contributed by atoms with Crippen molar-refractivity contribution >= 4 is 28.1 Å². The van der Waals surface area contributed by atoms with E-state index < -0.39 is 6.67 Å². The van der Waals surface area contributed by atoms with Gasteiger partial charge in [0.15, 0.2) is 5.82 Å². The summed E-state index contributed by atoms with van der Waals surface area (Å²) in [6.45, 7) is 0.470. The molecular formula is C16H14FN5O. The fourth-order valence-electron chi connectivity index (χ4n) is 2.78. The van der Waals surface area contributed by atoms with Crippen LogP contribution in [0.1, 0.15) is 0 Å². The minimum Gasteiger partial charge on any atom is -0.310 e. The molecule has 23 heavy (non-hydrogen) atoms. The number of aliphatic imine (C=N–C) groups is 1. The normalized spacial score (nSPS) is 15.4. The molecule has 0 saturated carbocycles. The molecule has 2 aliphatic rings. The van der Waals surface area contributed by atoms with Gasteiger partial charge in [0.05, 0.1) is 16.5 Å². The van der Waals surface area contributed by atoms with Gasteiger partial charge in [-0.25, -0.2) is 14.5 Å². The van der Waals surface area contributed by atoms with E-state index in [1.165, 1.54) is 0 Å². The Morgan fingerprint density at radius 1 is 1.30 bits per heavy atom. The Hall–Kier alpha value is -2.80. The molecule has 2 aromatic rings. The molecule has 0 unspecified atom stereocenters. The van der Waals surface area contributed by atoms with E-state index in [2.05, 4.69) is 20.5 Å². The Morgan fingerprint density at radius 2 is 2.22 bits per heavy atom. The van der Waals surface area contributed by atoms with Crippen molar-refractivity contribution in [1.29, 1.82) is 0 Å². The molecule has 0 amide bonds. The Labute approximate surface area is 131 Å². The number of aromatic nitrogens is 2. The van der Waals surface area contributed by atoms with Gasteiger partial charge in [-0.2, -0.15) is 5.10 Å². The van der Waals surface area contributed by atoms with Crippen LogP contribution in [-0.4, -0.2) is 35.8 Å². The lowest BCUT2D eigenvalue weighted by molar-refractivity contribution is 0.474. The van der Waals surface area contributed by atoms with Crippen molar-refractivity contribution in [1.82, 2.24) is 15.5 Å². The van der Waals surface area contributed by atoms with E-state index in [0.717, 1.165) is 22.5 Å². The number of hydrogen-bond acceptors (Lipinski definition) is 5. The second-order valence-corrected chi connectivity index (χ2v) is 5.32. The highest BCUT2D eigenvalue weighted by Crippen LogP contribution is 2.36. The summed E-state index contributed by atoms with van der Waals surface area (Å²) in [6.07, 6.45) is 5.73. The molecular weight excluding hydrogens is 297 g/mol. The second-order valence-electron chi connectivity index (χ2n) is 5.32. The fraction of sp³-hybridized carbons (Fsp3) is 0.188. The maximum Gasteiger partial charge on any atom is 0.272 e. The highest BCUT2D eigenvalue weighted by Gasteiger charge is 2.24. The molecule has 116 valence electrons. The maximum absolute atomic E-state index is 12.2. The molecule has 0 saturated heterocycles. The zero-order valence-corrected chi connectivity index (χ0v) is 12.2. The molecule has 1 aromatic carbocycles. The number of rotatable bonds is 4.